The van der Waals surface area contributed by atoms with Gasteiger partial charge in [0.1, 0.15) is 16.6 Å². The van der Waals surface area contributed by atoms with Crippen LogP contribution in [-0.4, -0.2) is 11.8 Å². The summed E-state index contributed by atoms with van der Waals surface area (Å²) in [6.45, 7) is 2.16. The van der Waals surface area contributed by atoms with Crippen LogP contribution in [0.2, 0.25) is 5.02 Å². The zero-order chi connectivity index (χ0) is 19.6. The Morgan fingerprint density at radius 3 is 2.70 bits per heavy atom. The smallest absolute Gasteiger partial charge is 0.266 e. The van der Waals surface area contributed by atoms with Gasteiger partial charge in [-0.1, -0.05) is 30.7 Å². The number of nitrogens with one attached hydrogen (secondary N) is 1. The summed E-state index contributed by atoms with van der Waals surface area (Å²) in [6, 6.07) is 8.70. The number of rotatable bonds is 4. The minimum absolute atomic E-state index is 0.0625. The summed E-state index contributed by atoms with van der Waals surface area (Å²) in [5.74, 6) is -0.598. The van der Waals surface area contributed by atoms with Crippen LogP contribution in [0.1, 0.15) is 39.7 Å². The first-order chi connectivity index (χ1) is 12.9. The predicted octanol–water partition coefficient (Wildman–Crippen LogP) is 4.17. The molecule has 1 unspecified atom stereocenters. The second-order valence-corrected chi connectivity index (χ2v) is 8.14. The molecule has 0 radical (unpaired) electrons. The summed E-state index contributed by atoms with van der Waals surface area (Å²) in [5, 5.41) is 13.1. The fourth-order valence-electron chi connectivity index (χ4n) is 3.14. The van der Waals surface area contributed by atoms with Gasteiger partial charge in [-0.2, -0.15) is 5.26 Å². The van der Waals surface area contributed by atoms with E-state index in [0.29, 0.717) is 27.1 Å². The highest BCUT2D eigenvalue weighted by molar-refractivity contribution is 7.17. The Morgan fingerprint density at radius 1 is 1.37 bits per heavy atom. The van der Waals surface area contributed by atoms with E-state index in [1.165, 1.54) is 17.4 Å². The standard InChI is InChI=1S/C20H18ClN3O2S/c1-11-2-7-15-16(8-11)27-20(17(15)18(23)25)24-19(26)13(10-22)9-12-3-5-14(21)6-4-12/h3-6,9,11H,2,7-8H2,1H3,(H2,23,25)(H,24,26). The Bertz CT molecular complexity index is 970. The van der Waals surface area contributed by atoms with Gasteiger partial charge < -0.3 is 11.1 Å². The van der Waals surface area contributed by atoms with Gasteiger partial charge in [-0.05, 0) is 54.5 Å². The van der Waals surface area contributed by atoms with Gasteiger partial charge in [-0.15, -0.1) is 11.3 Å². The van der Waals surface area contributed by atoms with Crippen LogP contribution in [0.4, 0.5) is 5.00 Å². The van der Waals surface area contributed by atoms with E-state index in [1.54, 1.807) is 24.3 Å². The number of hydrogen-bond donors (Lipinski definition) is 2. The van der Waals surface area contributed by atoms with Gasteiger partial charge in [0.25, 0.3) is 11.8 Å². The molecule has 1 aromatic carbocycles. The van der Waals surface area contributed by atoms with Gasteiger partial charge in [0.15, 0.2) is 0 Å². The molecule has 3 N–H and O–H groups in total. The zero-order valence-electron chi connectivity index (χ0n) is 14.7. The van der Waals surface area contributed by atoms with Crippen LogP contribution in [0, 0.1) is 17.2 Å². The molecule has 0 bridgehead atoms. The highest BCUT2D eigenvalue weighted by Gasteiger charge is 2.27. The van der Waals surface area contributed by atoms with Crippen LogP contribution in [0.25, 0.3) is 6.08 Å². The van der Waals surface area contributed by atoms with Crippen LogP contribution < -0.4 is 11.1 Å². The number of nitriles is 1. The minimum Gasteiger partial charge on any atom is -0.365 e. The van der Waals surface area contributed by atoms with Crippen molar-refractivity contribution in [2.24, 2.45) is 11.7 Å². The first kappa shape index (κ1) is 19.2. The highest BCUT2D eigenvalue weighted by Crippen LogP contribution is 2.39. The third kappa shape index (κ3) is 4.21. The largest absolute Gasteiger partial charge is 0.365 e. The summed E-state index contributed by atoms with van der Waals surface area (Å²) in [5.41, 5.74) is 7.49. The molecule has 0 aliphatic heterocycles. The molecule has 0 fully saturated rings. The van der Waals surface area contributed by atoms with Crippen molar-refractivity contribution in [2.45, 2.75) is 26.2 Å². The van der Waals surface area contributed by atoms with Gasteiger partial charge in [0, 0.05) is 9.90 Å². The van der Waals surface area contributed by atoms with Crippen molar-refractivity contribution in [3.63, 3.8) is 0 Å². The van der Waals surface area contributed by atoms with Crippen LogP contribution >= 0.6 is 22.9 Å². The second kappa shape index (κ2) is 7.95. The maximum Gasteiger partial charge on any atom is 0.266 e. The lowest BCUT2D eigenvalue weighted by atomic mass is 9.88. The molecular weight excluding hydrogens is 382 g/mol. The number of fused-ring (bicyclic) bond motifs is 1. The number of anilines is 1. The molecule has 1 aliphatic carbocycles. The summed E-state index contributed by atoms with van der Waals surface area (Å²) in [7, 11) is 0. The van der Waals surface area contributed by atoms with E-state index in [1.807, 2.05) is 6.07 Å². The number of amides is 2. The van der Waals surface area contributed by atoms with Gasteiger partial charge in [-0.25, -0.2) is 0 Å². The molecule has 1 aliphatic rings. The lowest BCUT2D eigenvalue weighted by molar-refractivity contribution is -0.112. The topological polar surface area (TPSA) is 96.0 Å². The summed E-state index contributed by atoms with van der Waals surface area (Å²) in [4.78, 5) is 25.6. The third-order valence-electron chi connectivity index (χ3n) is 4.53. The van der Waals surface area contributed by atoms with Gasteiger partial charge in [-0.3, -0.25) is 9.59 Å². The molecule has 2 amide bonds. The molecule has 0 saturated heterocycles. The Hall–Kier alpha value is -2.62. The van der Waals surface area contributed by atoms with E-state index in [9.17, 15) is 14.9 Å². The summed E-state index contributed by atoms with van der Waals surface area (Å²) < 4.78 is 0. The van der Waals surface area contributed by atoms with Crippen LogP contribution in [0.3, 0.4) is 0 Å². The van der Waals surface area contributed by atoms with Gasteiger partial charge >= 0.3 is 0 Å². The van der Waals surface area contributed by atoms with Crippen molar-refractivity contribution in [2.75, 3.05) is 5.32 Å². The van der Waals surface area contributed by atoms with E-state index in [2.05, 4.69) is 12.2 Å². The average molecular weight is 400 g/mol. The zero-order valence-corrected chi connectivity index (χ0v) is 16.3. The van der Waals surface area contributed by atoms with E-state index in [0.717, 1.165) is 29.7 Å². The van der Waals surface area contributed by atoms with Crippen molar-refractivity contribution >= 4 is 45.8 Å². The number of primary amides is 1. The Labute approximate surface area is 166 Å². The Morgan fingerprint density at radius 2 is 2.07 bits per heavy atom. The average Bonchev–Trinajstić information content (AvgIpc) is 2.98. The third-order valence-corrected chi connectivity index (χ3v) is 5.95. The van der Waals surface area contributed by atoms with Crippen LogP contribution in [0.15, 0.2) is 29.8 Å². The molecule has 1 heterocycles. The molecule has 0 spiro atoms. The molecule has 138 valence electrons. The van der Waals surface area contributed by atoms with E-state index in [4.69, 9.17) is 17.3 Å². The summed E-state index contributed by atoms with van der Waals surface area (Å²) >= 11 is 7.22. The van der Waals surface area contributed by atoms with Crippen molar-refractivity contribution in [3.05, 3.63) is 56.4 Å². The molecule has 27 heavy (non-hydrogen) atoms. The van der Waals surface area contributed by atoms with Gasteiger partial charge in [0.2, 0.25) is 0 Å². The van der Waals surface area contributed by atoms with E-state index >= 15 is 0 Å². The number of benzene rings is 1. The number of thiophene rings is 1. The fraction of sp³-hybridized carbons (Fsp3) is 0.250. The lowest BCUT2D eigenvalue weighted by Gasteiger charge is -2.18. The number of nitrogens with zero attached hydrogens (tertiary/aromatic N) is 1. The van der Waals surface area contributed by atoms with Crippen molar-refractivity contribution < 1.29 is 9.59 Å². The monoisotopic (exact) mass is 399 g/mol. The predicted molar refractivity (Wildman–Crippen MR) is 108 cm³/mol. The highest BCUT2D eigenvalue weighted by atomic mass is 35.5. The molecule has 2 aromatic rings. The lowest BCUT2D eigenvalue weighted by Crippen LogP contribution is -2.19. The first-order valence-electron chi connectivity index (χ1n) is 8.52. The van der Waals surface area contributed by atoms with Crippen LogP contribution in [-0.2, 0) is 17.6 Å². The van der Waals surface area contributed by atoms with Gasteiger partial charge in [0.05, 0.1) is 5.56 Å². The summed E-state index contributed by atoms with van der Waals surface area (Å²) in [6.07, 6.45) is 4.09. The number of carbonyl (C=O) groups is 2. The molecular formula is C20H18ClN3O2S. The Balaban J connectivity index is 1.90. The number of carbonyl (C=O) groups excluding carboxylic acids is 2. The maximum absolute atomic E-state index is 12.6. The SMILES string of the molecule is CC1CCc2c(sc(NC(=O)C(C#N)=Cc3ccc(Cl)cc3)c2C(N)=O)C1. The minimum atomic E-state index is -0.568. The van der Waals surface area contributed by atoms with E-state index < -0.39 is 11.8 Å². The Kier molecular flexibility index (Phi) is 5.64. The van der Waals surface area contributed by atoms with Crippen LogP contribution in [0.5, 0.6) is 0 Å². The molecule has 7 heteroatoms. The molecule has 1 aromatic heterocycles. The van der Waals surface area contributed by atoms with Crippen molar-refractivity contribution in [1.82, 2.24) is 0 Å². The molecule has 1 atom stereocenters. The number of nitrogens with two attached hydrogens (primary N) is 1. The number of hydrogen-bond acceptors (Lipinski definition) is 4. The molecule has 0 saturated carbocycles. The second-order valence-electron chi connectivity index (χ2n) is 6.60. The number of halogens is 1. The quantitative estimate of drug-likeness (QED) is 0.596. The van der Waals surface area contributed by atoms with Crippen molar-refractivity contribution in [1.29, 1.82) is 5.26 Å². The normalized spacial score (nSPS) is 16.3. The maximum atomic E-state index is 12.6. The van der Waals surface area contributed by atoms with E-state index in [-0.39, 0.29) is 5.57 Å². The van der Waals surface area contributed by atoms with Crippen molar-refractivity contribution in [3.8, 4) is 6.07 Å². The first-order valence-corrected chi connectivity index (χ1v) is 9.71. The fourth-order valence-corrected chi connectivity index (χ4v) is 4.68. The molecule has 5 nitrogen and oxygen atoms in total. The molecule has 3 rings (SSSR count).